The SMILES string of the molecule is Fc1ccc2nc(CNCC3COc4ccccc43)sc2c1. The minimum absolute atomic E-state index is 0.213. The van der Waals surface area contributed by atoms with Crippen molar-refractivity contribution in [1.82, 2.24) is 10.3 Å². The van der Waals surface area contributed by atoms with Gasteiger partial charge in [-0.05, 0) is 24.3 Å². The molecule has 2 aromatic carbocycles. The Balaban J connectivity index is 1.40. The Morgan fingerprint density at radius 3 is 3.14 bits per heavy atom. The number of nitrogens with zero attached hydrogens (tertiary/aromatic N) is 1. The fraction of sp³-hybridized carbons (Fsp3) is 0.235. The number of hydrogen-bond donors (Lipinski definition) is 1. The van der Waals surface area contributed by atoms with Crippen LogP contribution in [0.5, 0.6) is 5.75 Å². The molecule has 3 aromatic rings. The van der Waals surface area contributed by atoms with Crippen LogP contribution in [0.1, 0.15) is 16.5 Å². The Kier molecular flexibility index (Phi) is 3.52. The lowest BCUT2D eigenvalue weighted by molar-refractivity contribution is 0.326. The summed E-state index contributed by atoms with van der Waals surface area (Å²) in [5, 5.41) is 4.41. The van der Waals surface area contributed by atoms with E-state index in [4.69, 9.17) is 4.74 Å². The summed E-state index contributed by atoms with van der Waals surface area (Å²) in [6, 6.07) is 12.9. The zero-order chi connectivity index (χ0) is 14.9. The predicted octanol–water partition coefficient (Wildman–Crippen LogP) is 3.70. The molecule has 1 aliphatic heterocycles. The average molecular weight is 314 g/mol. The van der Waals surface area contributed by atoms with Gasteiger partial charge in [0.15, 0.2) is 0 Å². The van der Waals surface area contributed by atoms with E-state index in [0.717, 1.165) is 34.1 Å². The lowest BCUT2D eigenvalue weighted by Crippen LogP contribution is -2.22. The van der Waals surface area contributed by atoms with Gasteiger partial charge in [-0.3, -0.25) is 0 Å². The third kappa shape index (κ3) is 2.58. The minimum Gasteiger partial charge on any atom is -0.493 e. The molecule has 1 N–H and O–H groups in total. The number of fused-ring (bicyclic) bond motifs is 2. The van der Waals surface area contributed by atoms with E-state index in [1.165, 1.54) is 29.0 Å². The lowest BCUT2D eigenvalue weighted by Gasteiger charge is -2.09. The highest BCUT2D eigenvalue weighted by molar-refractivity contribution is 7.18. The molecule has 0 fully saturated rings. The van der Waals surface area contributed by atoms with E-state index >= 15 is 0 Å². The van der Waals surface area contributed by atoms with Gasteiger partial charge in [-0.1, -0.05) is 18.2 Å². The second-order valence-electron chi connectivity index (χ2n) is 5.40. The molecule has 0 saturated carbocycles. The number of ether oxygens (including phenoxy) is 1. The Bertz CT molecular complexity index is 817. The summed E-state index contributed by atoms with van der Waals surface area (Å²) in [5.74, 6) is 1.16. The second kappa shape index (κ2) is 5.66. The molecule has 4 rings (SSSR count). The molecule has 0 radical (unpaired) electrons. The largest absolute Gasteiger partial charge is 0.493 e. The molecule has 1 unspecified atom stereocenters. The number of rotatable bonds is 4. The predicted molar refractivity (Wildman–Crippen MR) is 86.0 cm³/mol. The van der Waals surface area contributed by atoms with E-state index < -0.39 is 0 Å². The third-order valence-electron chi connectivity index (χ3n) is 3.86. The quantitative estimate of drug-likeness (QED) is 0.797. The summed E-state index contributed by atoms with van der Waals surface area (Å²) in [6.45, 7) is 2.26. The number of para-hydroxylation sites is 1. The maximum absolute atomic E-state index is 13.2. The van der Waals surface area contributed by atoms with Crippen LogP contribution in [0, 0.1) is 5.82 Å². The van der Waals surface area contributed by atoms with Gasteiger partial charge in [0.1, 0.15) is 16.6 Å². The molecule has 0 amide bonds. The van der Waals surface area contributed by atoms with Gasteiger partial charge >= 0.3 is 0 Å². The van der Waals surface area contributed by atoms with Gasteiger partial charge in [0, 0.05) is 24.6 Å². The molecular formula is C17H15FN2OS. The van der Waals surface area contributed by atoms with Crippen molar-refractivity contribution in [2.24, 2.45) is 0 Å². The van der Waals surface area contributed by atoms with Crippen molar-refractivity contribution in [3.63, 3.8) is 0 Å². The first-order valence-corrected chi connectivity index (χ1v) is 8.08. The molecule has 0 spiro atoms. The van der Waals surface area contributed by atoms with E-state index in [-0.39, 0.29) is 5.82 Å². The zero-order valence-electron chi connectivity index (χ0n) is 11.9. The normalized spacial score (nSPS) is 16.7. The molecular weight excluding hydrogens is 299 g/mol. The molecule has 22 heavy (non-hydrogen) atoms. The standard InChI is InChI=1S/C17H15FN2OS/c18-12-5-6-14-16(7-12)22-17(20-14)9-19-8-11-10-21-15-4-2-1-3-13(11)15/h1-7,11,19H,8-10H2. The van der Waals surface area contributed by atoms with Crippen LogP contribution >= 0.6 is 11.3 Å². The smallest absolute Gasteiger partial charge is 0.124 e. The maximum Gasteiger partial charge on any atom is 0.124 e. The molecule has 2 heterocycles. The number of hydrogen-bond acceptors (Lipinski definition) is 4. The Labute approximate surface area is 131 Å². The van der Waals surface area contributed by atoms with Gasteiger partial charge < -0.3 is 10.1 Å². The number of aromatic nitrogens is 1. The monoisotopic (exact) mass is 314 g/mol. The van der Waals surface area contributed by atoms with Gasteiger partial charge in [0.05, 0.1) is 16.8 Å². The zero-order valence-corrected chi connectivity index (χ0v) is 12.7. The van der Waals surface area contributed by atoms with Crippen molar-refractivity contribution in [3.05, 3.63) is 58.9 Å². The van der Waals surface area contributed by atoms with E-state index in [9.17, 15) is 4.39 Å². The summed E-state index contributed by atoms with van der Waals surface area (Å²) in [6.07, 6.45) is 0. The highest BCUT2D eigenvalue weighted by atomic mass is 32.1. The van der Waals surface area contributed by atoms with Crippen molar-refractivity contribution in [3.8, 4) is 5.75 Å². The molecule has 0 saturated heterocycles. The van der Waals surface area contributed by atoms with E-state index in [1.54, 1.807) is 6.07 Å². The van der Waals surface area contributed by atoms with Crippen LogP contribution < -0.4 is 10.1 Å². The summed E-state index contributed by atoms with van der Waals surface area (Å²) >= 11 is 1.53. The Hall–Kier alpha value is -1.98. The van der Waals surface area contributed by atoms with Crippen molar-refractivity contribution in [2.75, 3.05) is 13.2 Å². The Morgan fingerprint density at radius 1 is 1.27 bits per heavy atom. The van der Waals surface area contributed by atoms with Crippen LogP contribution in [0.15, 0.2) is 42.5 Å². The minimum atomic E-state index is -0.213. The summed E-state index contributed by atoms with van der Waals surface area (Å²) < 4.78 is 19.8. The molecule has 0 bridgehead atoms. The van der Waals surface area contributed by atoms with Crippen LogP contribution in [-0.2, 0) is 6.54 Å². The van der Waals surface area contributed by atoms with Gasteiger partial charge in [-0.15, -0.1) is 11.3 Å². The summed E-state index contributed by atoms with van der Waals surface area (Å²) in [4.78, 5) is 4.52. The average Bonchev–Trinajstić information content (AvgIpc) is 3.11. The fourth-order valence-electron chi connectivity index (χ4n) is 2.77. The van der Waals surface area contributed by atoms with Crippen molar-refractivity contribution in [1.29, 1.82) is 0 Å². The van der Waals surface area contributed by atoms with Gasteiger partial charge in [0.2, 0.25) is 0 Å². The van der Waals surface area contributed by atoms with Gasteiger partial charge in [0.25, 0.3) is 0 Å². The number of thiazole rings is 1. The number of nitrogens with one attached hydrogen (secondary N) is 1. The number of benzene rings is 2. The van der Waals surface area contributed by atoms with Crippen LogP contribution in [0.4, 0.5) is 4.39 Å². The molecule has 0 aliphatic carbocycles. The first-order valence-electron chi connectivity index (χ1n) is 7.27. The highest BCUT2D eigenvalue weighted by Crippen LogP contribution is 2.33. The topological polar surface area (TPSA) is 34.2 Å². The Morgan fingerprint density at radius 2 is 2.18 bits per heavy atom. The van der Waals surface area contributed by atoms with E-state index in [0.29, 0.717) is 12.5 Å². The molecule has 1 aromatic heterocycles. The lowest BCUT2D eigenvalue weighted by atomic mass is 10.0. The summed E-state index contributed by atoms with van der Waals surface area (Å²) in [5.41, 5.74) is 2.12. The molecule has 1 aliphatic rings. The van der Waals surface area contributed by atoms with Crippen LogP contribution in [-0.4, -0.2) is 18.1 Å². The van der Waals surface area contributed by atoms with Crippen molar-refractivity contribution >= 4 is 21.6 Å². The van der Waals surface area contributed by atoms with Crippen molar-refractivity contribution in [2.45, 2.75) is 12.5 Å². The number of halogens is 1. The van der Waals surface area contributed by atoms with Gasteiger partial charge in [-0.2, -0.15) is 0 Å². The second-order valence-corrected chi connectivity index (χ2v) is 6.51. The molecule has 1 atom stereocenters. The third-order valence-corrected chi connectivity index (χ3v) is 4.88. The first kappa shape index (κ1) is 13.7. The maximum atomic E-state index is 13.2. The van der Waals surface area contributed by atoms with Crippen molar-refractivity contribution < 1.29 is 9.13 Å². The van der Waals surface area contributed by atoms with E-state index in [1.807, 2.05) is 18.2 Å². The highest BCUT2D eigenvalue weighted by Gasteiger charge is 2.23. The molecule has 112 valence electrons. The summed E-state index contributed by atoms with van der Waals surface area (Å²) in [7, 11) is 0. The fourth-order valence-corrected chi connectivity index (χ4v) is 3.74. The molecule has 5 heteroatoms. The van der Waals surface area contributed by atoms with Crippen LogP contribution in [0.2, 0.25) is 0 Å². The van der Waals surface area contributed by atoms with Crippen LogP contribution in [0.25, 0.3) is 10.2 Å². The van der Waals surface area contributed by atoms with Gasteiger partial charge in [-0.25, -0.2) is 9.37 Å². The van der Waals surface area contributed by atoms with Crippen LogP contribution in [0.3, 0.4) is 0 Å². The molecule has 3 nitrogen and oxygen atoms in total. The first-order chi connectivity index (χ1) is 10.8. The van der Waals surface area contributed by atoms with E-state index in [2.05, 4.69) is 16.4 Å².